The van der Waals surface area contributed by atoms with Gasteiger partial charge in [-0.25, -0.2) is 0 Å². The van der Waals surface area contributed by atoms with E-state index in [4.69, 9.17) is 16.3 Å². The summed E-state index contributed by atoms with van der Waals surface area (Å²) >= 11 is 7.48. The van der Waals surface area contributed by atoms with E-state index in [1.165, 1.54) is 0 Å². The molecule has 1 spiro atoms. The van der Waals surface area contributed by atoms with Gasteiger partial charge in [0.2, 0.25) is 0 Å². The second-order valence-electron chi connectivity index (χ2n) is 15.2. The summed E-state index contributed by atoms with van der Waals surface area (Å²) in [5, 5.41) is 43.0. The first-order valence-corrected chi connectivity index (χ1v) is 14.6. The maximum absolute atomic E-state index is 13.7. The number of carbonyl (C=O) groups excluding carboxylic acids is 1. The van der Waals surface area contributed by atoms with Crippen molar-refractivity contribution >= 4 is 17.6 Å². The highest BCUT2D eigenvalue weighted by atomic mass is 35.5. The number of hydrogen-bond donors (Lipinski definition) is 4. The van der Waals surface area contributed by atoms with Crippen LogP contribution in [0.1, 0.15) is 92.4 Å². The van der Waals surface area contributed by atoms with Crippen LogP contribution in [0, 0.1) is 44.8 Å². The quantitative estimate of drug-likeness (QED) is 0.307. The van der Waals surface area contributed by atoms with Gasteiger partial charge in [0.15, 0.2) is 0 Å². The van der Waals surface area contributed by atoms with Crippen molar-refractivity contribution in [2.24, 2.45) is 44.8 Å². The molecule has 12 atom stereocenters. The highest BCUT2D eigenvalue weighted by Gasteiger charge is 2.83. The molecule has 1 heterocycles. The Labute approximate surface area is 220 Å². The Kier molecular flexibility index (Phi) is 5.18. The second kappa shape index (κ2) is 7.21. The van der Waals surface area contributed by atoms with Crippen LogP contribution in [-0.2, 0) is 9.53 Å². The first-order valence-electron chi connectivity index (χ1n) is 14.1. The van der Waals surface area contributed by atoms with Gasteiger partial charge in [-0.2, -0.15) is 0 Å². The summed E-state index contributed by atoms with van der Waals surface area (Å²) in [6, 6.07) is 0. The van der Waals surface area contributed by atoms with Crippen LogP contribution in [0.5, 0.6) is 0 Å². The van der Waals surface area contributed by atoms with Gasteiger partial charge in [0.25, 0.3) is 0 Å². The fourth-order valence-electron chi connectivity index (χ4n) is 11.5. The molecule has 204 valence electrons. The van der Waals surface area contributed by atoms with Gasteiger partial charge >= 0.3 is 5.97 Å². The van der Waals surface area contributed by atoms with Gasteiger partial charge in [-0.15, -0.1) is 11.6 Å². The molecule has 36 heavy (non-hydrogen) atoms. The molecule has 1 saturated heterocycles. The average Bonchev–Trinajstić information content (AvgIpc) is 2.99. The lowest BCUT2D eigenvalue weighted by atomic mass is 9.31. The molecule has 1 aliphatic heterocycles. The average molecular weight is 525 g/mol. The largest absolute Gasteiger partial charge is 0.456 e. The van der Waals surface area contributed by atoms with Crippen molar-refractivity contribution in [2.45, 2.75) is 121 Å². The normalized spacial score (nSPS) is 61.3. The summed E-state index contributed by atoms with van der Waals surface area (Å²) in [5.74, 6) is -0.245. The molecule has 0 aromatic rings. The molecule has 6 fully saturated rings. The minimum Gasteiger partial charge on any atom is -0.456 e. The Bertz CT molecular complexity index is 987. The van der Waals surface area contributed by atoms with E-state index in [1.54, 1.807) is 0 Å². The van der Waals surface area contributed by atoms with Crippen molar-refractivity contribution in [3.05, 3.63) is 0 Å². The number of alkyl halides is 1. The summed E-state index contributed by atoms with van der Waals surface area (Å²) in [7, 11) is 0. The number of hydrogen-bond acceptors (Lipinski definition) is 6. The lowest BCUT2D eigenvalue weighted by molar-refractivity contribution is -0.309. The Morgan fingerprint density at radius 2 is 1.61 bits per heavy atom. The Hall–Kier alpha value is -0.400. The smallest absolute Gasteiger partial charge is 0.313 e. The molecule has 6 nitrogen and oxygen atoms in total. The third-order valence-electron chi connectivity index (χ3n) is 13.7. The van der Waals surface area contributed by atoms with Gasteiger partial charge < -0.3 is 25.2 Å². The van der Waals surface area contributed by atoms with Crippen molar-refractivity contribution in [3.63, 3.8) is 0 Å². The molecule has 6 aliphatic rings. The van der Waals surface area contributed by atoms with Gasteiger partial charge in [-0.1, -0.05) is 34.6 Å². The molecule has 7 heteroatoms. The molecule has 6 rings (SSSR count). The van der Waals surface area contributed by atoms with E-state index < -0.39 is 40.8 Å². The van der Waals surface area contributed by atoms with Gasteiger partial charge in [-0.3, -0.25) is 4.79 Å². The zero-order valence-corrected chi connectivity index (χ0v) is 23.3. The van der Waals surface area contributed by atoms with E-state index >= 15 is 0 Å². The van der Waals surface area contributed by atoms with Crippen LogP contribution < -0.4 is 0 Å². The van der Waals surface area contributed by atoms with E-state index in [1.807, 2.05) is 0 Å². The van der Waals surface area contributed by atoms with Crippen LogP contribution in [0.25, 0.3) is 0 Å². The summed E-state index contributed by atoms with van der Waals surface area (Å²) in [5.41, 5.74) is -3.88. The van der Waals surface area contributed by atoms with Crippen LogP contribution in [-0.4, -0.2) is 61.8 Å². The van der Waals surface area contributed by atoms with Gasteiger partial charge in [0, 0.05) is 11.3 Å². The first-order chi connectivity index (χ1) is 16.6. The number of fused-ring (bicyclic) bond motifs is 4. The number of aliphatic hydroxyl groups is 4. The molecule has 0 radical (unpaired) electrons. The van der Waals surface area contributed by atoms with Gasteiger partial charge in [0.1, 0.15) is 17.3 Å². The number of carbonyl (C=O) groups is 1. The minimum atomic E-state index is -1.75. The Balaban J connectivity index is 1.49. The highest BCUT2D eigenvalue weighted by molar-refractivity contribution is 6.22. The fourth-order valence-corrected chi connectivity index (χ4v) is 12.2. The summed E-state index contributed by atoms with van der Waals surface area (Å²) in [4.78, 5) is 13.7. The zero-order valence-electron chi connectivity index (χ0n) is 22.5. The maximum atomic E-state index is 13.7. The molecule has 4 N–H and O–H groups in total. The van der Waals surface area contributed by atoms with Crippen LogP contribution in [0.15, 0.2) is 0 Å². The van der Waals surface area contributed by atoms with Crippen molar-refractivity contribution in [1.82, 2.24) is 0 Å². The molecule has 2 bridgehead atoms. The number of esters is 1. The number of halogens is 1. The molecule has 5 aliphatic carbocycles. The zero-order chi connectivity index (χ0) is 26.3. The predicted octanol–water partition coefficient (Wildman–Crippen LogP) is 3.79. The highest BCUT2D eigenvalue weighted by Crippen LogP contribution is 2.81. The van der Waals surface area contributed by atoms with E-state index in [9.17, 15) is 25.2 Å². The van der Waals surface area contributed by atoms with Gasteiger partial charge in [0.05, 0.1) is 23.5 Å². The van der Waals surface area contributed by atoms with E-state index in [-0.39, 0.29) is 45.3 Å². The van der Waals surface area contributed by atoms with E-state index in [0.717, 1.165) is 38.5 Å². The SMILES string of the molecule is CC1(C)CC[C@@]23CC[C@]4(C)[C@@](OC2=O)([C@@H]3C1)[C@@H](Cl)C[C@@H]1[C@@]2(C)C[C@@H](O)[C@H](O)[C@@](O)(CO)[C@@H]2CC[C@]14C. The molecule has 5 saturated carbocycles. The van der Waals surface area contributed by atoms with Crippen molar-refractivity contribution in [2.75, 3.05) is 6.61 Å². The summed E-state index contributed by atoms with van der Waals surface area (Å²) < 4.78 is 6.66. The number of rotatable bonds is 1. The van der Waals surface area contributed by atoms with Gasteiger partial charge in [-0.05, 0) is 85.9 Å². The summed E-state index contributed by atoms with van der Waals surface area (Å²) in [6.45, 7) is 10.8. The maximum Gasteiger partial charge on any atom is 0.313 e. The fraction of sp³-hybridized carbons (Fsp3) is 0.966. The van der Waals surface area contributed by atoms with Crippen LogP contribution in [0.3, 0.4) is 0 Å². The third-order valence-corrected chi connectivity index (χ3v) is 14.2. The van der Waals surface area contributed by atoms with E-state index in [0.29, 0.717) is 19.3 Å². The molecular weight excluding hydrogens is 480 g/mol. The predicted molar refractivity (Wildman–Crippen MR) is 135 cm³/mol. The summed E-state index contributed by atoms with van der Waals surface area (Å²) in [6.07, 6.45) is 4.47. The third kappa shape index (κ3) is 2.58. The van der Waals surface area contributed by atoms with E-state index in [2.05, 4.69) is 34.6 Å². The minimum absolute atomic E-state index is 0.0369. The lowest BCUT2D eigenvalue weighted by Gasteiger charge is -2.74. The number of aliphatic hydroxyl groups excluding tert-OH is 3. The Morgan fingerprint density at radius 3 is 2.28 bits per heavy atom. The van der Waals surface area contributed by atoms with Crippen molar-refractivity contribution in [3.8, 4) is 0 Å². The van der Waals surface area contributed by atoms with Crippen LogP contribution >= 0.6 is 11.6 Å². The monoisotopic (exact) mass is 524 g/mol. The van der Waals surface area contributed by atoms with Crippen LogP contribution in [0.2, 0.25) is 0 Å². The first kappa shape index (κ1) is 25.9. The number of ether oxygens (including phenoxy) is 1. The molecule has 0 unspecified atom stereocenters. The molecule has 0 aromatic carbocycles. The standard InChI is InChI=1S/C29H45ClO6/c1-23(2)8-10-27-11-9-26(5)25(4)7-6-17-24(3,13-16(32)21(33)28(17,35)15-31)18(25)12-20(30)29(26,19(27)14-23)36-22(27)34/h16-21,31-33,35H,6-15H2,1-5H3/t16-,17-,18-,19-,20+,21+,24+,25-,26+,27+,28-,29-/m1/s1. The molecule has 0 amide bonds. The van der Waals surface area contributed by atoms with Crippen LogP contribution in [0.4, 0.5) is 0 Å². The molecule has 0 aromatic heterocycles. The Morgan fingerprint density at radius 1 is 0.944 bits per heavy atom. The lowest BCUT2D eigenvalue weighted by Crippen LogP contribution is -2.77. The second-order valence-corrected chi connectivity index (χ2v) is 15.8. The topological polar surface area (TPSA) is 107 Å². The molecular formula is C29H45ClO6. The van der Waals surface area contributed by atoms with Crippen molar-refractivity contribution < 1.29 is 30.0 Å². The van der Waals surface area contributed by atoms with Crippen molar-refractivity contribution in [1.29, 1.82) is 0 Å².